The third-order valence-corrected chi connectivity index (χ3v) is 16.0. The van der Waals surface area contributed by atoms with Crippen LogP contribution >= 0.6 is 0 Å². The van der Waals surface area contributed by atoms with Crippen LogP contribution in [0.2, 0.25) is 0 Å². The lowest BCUT2D eigenvalue weighted by Gasteiger charge is -2.47. The SMILES string of the molecule is CC(C)(C)c1ccc(N2c3ccc(C(C)(C)C)cc3B3c4cc(C(C)(C)C)ccc4N(c4ccc(C(C)(C)C)cc4)c4cc(N5c6ccc(C#N)cc6C6(C)CCCC56C)cc2c43)cc1. The summed E-state index contributed by atoms with van der Waals surface area (Å²) in [5, 5.41) is 10.2. The van der Waals surface area contributed by atoms with Crippen molar-refractivity contribution in [2.75, 3.05) is 14.7 Å². The third kappa shape index (κ3) is 6.52. The highest BCUT2D eigenvalue weighted by atomic mass is 15.3. The minimum atomic E-state index is -0.190. The molecule has 330 valence electrons. The van der Waals surface area contributed by atoms with Crippen LogP contribution in [0.15, 0.2) is 115 Å². The predicted octanol–water partition coefficient (Wildman–Crippen LogP) is 14.2. The van der Waals surface area contributed by atoms with Gasteiger partial charge in [0.25, 0.3) is 6.71 Å². The fraction of sp³-hybridized carbons (Fsp3) is 0.383. The zero-order chi connectivity index (χ0) is 46.4. The zero-order valence-electron chi connectivity index (χ0n) is 41.5. The predicted molar refractivity (Wildman–Crippen MR) is 278 cm³/mol. The van der Waals surface area contributed by atoms with E-state index in [2.05, 4.69) is 227 Å². The van der Waals surface area contributed by atoms with Crippen LogP contribution in [0.4, 0.5) is 45.5 Å². The molecule has 5 heteroatoms. The second-order valence-electron chi connectivity index (χ2n) is 24.3. The van der Waals surface area contributed by atoms with Gasteiger partial charge in [0.1, 0.15) is 0 Å². The molecular formula is C60H67BN4. The van der Waals surface area contributed by atoms with Gasteiger partial charge in [-0.25, -0.2) is 0 Å². The summed E-state index contributed by atoms with van der Waals surface area (Å²) in [5.41, 5.74) is 20.7. The quantitative estimate of drug-likeness (QED) is 0.166. The van der Waals surface area contributed by atoms with E-state index in [-0.39, 0.29) is 39.3 Å². The molecule has 4 aliphatic rings. The summed E-state index contributed by atoms with van der Waals surface area (Å²) in [6.45, 7) is 32.8. The molecule has 3 aliphatic heterocycles. The van der Waals surface area contributed by atoms with Gasteiger partial charge in [0.05, 0.1) is 17.2 Å². The molecule has 0 spiro atoms. The van der Waals surface area contributed by atoms with Crippen molar-refractivity contribution in [3.05, 3.63) is 149 Å². The van der Waals surface area contributed by atoms with Crippen molar-refractivity contribution in [2.24, 2.45) is 0 Å². The Hall–Kier alpha value is -5.73. The standard InChI is InChI=1S/C60H67BN4/c1-55(2,3)39-17-23-43(24-18-39)63-50-28-21-41(57(7,8)9)33-47(50)61-48-34-42(58(10,11)12)22-29-51(48)64(44-25-19-40(20-26-44)56(4,5)6)53-36-45(35-52(63)54(53)61)65-49-27-16-38(37-62)32-46(49)59(13)30-15-31-60(59,65)14/h16-29,32-36H,15,30-31H2,1-14H3. The monoisotopic (exact) mass is 855 g/mol. The van der Waals surface area contributed by atoms with Crippen molar-refractivity contribution in [3.8, 4) is 6.07 Å². The van der Waals surface area contributed by atoms with Crippen LogP contribution in [0, 0.1) is 11.3 Å². The Labute approximate surface area is 390 Å². The van der Waals surface area contributed by atoms with Gasteiger partial charge in [-0.2, -0.15) is 5.26 Å². The highest BCUT2D eigenvalue weighted by molar-refractivity contribution is 7.00. The normalized spacial score (nSPS) is 20.0. The van der Waals surface area contributed by atoms with Crippen molar-refractivity contribution in [2.45, 2.75) is 149 Å². The van der Waals surface area contributed by atoms with E-state index in [0.717, 1.165) is 36.2 Å². The van der Waals surface area contributed by atoms with Gasteiger partial charge in [0.15, 0.2) is 0 Å². The van der Waals surface area contributed by atoms with Crippen LogP contribution in [0.25, 0.3) is 0 Å². The molecular weight excluding hydrogens is 787 g/mol. The minimum absolute atomic E-state index is 0.00442. The maximum Gasteiger partial charge on any atom is 0.252 e. The summed E-state index contributed by atoms with van der Waals surface area (Å²) in [6, 6.07) is 47.4. The Balaban J connectivity index is 1.34. The fourth-order valence-electron chi connectivity index (χ4n) is 11.9. The average Bonchev–Trinajstić information content (AvgIpc) is 3.65. The molecule has 2 atom stereocenters. The van der Waals surface area contributed by atoms with Gasteiger partial charge >= 0.3 is 0 Å². The molecule has 0 saturated heterocycles. The molecule has 3 heterocycles. The van der Waals surface area contributed by atoms with E-state index in [0.29, 0.717) is 0 Å². The first kappa shape index (κ1) is 43.2. The molecule has 0 bridgehead atoms. The lowest BCUT2D eigenvalue weighted by molar-refractivity contribution is 0.330. The first-order valence-electron chi connectivity index (χ1n) is 24.1. The van der Waals surface area contributed by atoms with Crippen molar-refractivity contribution in [1.82, 2.24) is 0 Å². The minimum Gasteiger partial charge on any atom is -0.334 e. The van der Waals surface area contributed by atoms with E-state index in [1.807, 2.05) is 6.07 Å². The van der Waals surface area contributed by atoms with E-state index in [4.69, 9.17) is 0 Å². The summed E-state index contributed by atoms with van der Waals surface area (Å²) in [6.07, 6.45) is 3.31. The Morgan fingerprint density at radius 1 is 0.477 bits per heavy atom. The number of hydrogen-bond acceptors (Lipinski definition) is 4. The molecule has 6 aromatic carbocycles. The molecule has 0 N–H and O–H groups in total. The average molecular weight is 855 g/mol. The smallest absolute Gasteiger partial charge is 0.252 e. The molecule has 1 fully saturated rings. The first-order valence-corrected chi connectivity index (χ1v) is 24.1. The van der Waals surface area contributed by atoms with Crippen molar-refractivity contribution >= 4 is 68.6 Å². The number of anilines is 8. The van der Waals surface area contributed by atoms with Crippen LogP contribution in [-0.4, -0.2) is 12.3 Å². The molecule has 1 saturated carbocycles. The molecule has 10 rings (SSSR count). The Morgan fingerprint density at radius 2 is 0.908 bits per heavy atom. The van der Waals surface area contributed by atoms with Gasteiger partial charge in [-0.15, -0.1) is 0 Å². The highest BCUT2D eigenvalue weighted by Crippen LogP contribution is 2.63. The van der Waals surface area contributed by atoms with Crippen LogP contribution in [0.1, 0.15) is 150 Å². The highest BCUT2D eigenvalue weighted by Gasteiger charge is 2.60. The summed E-state index contributed by atoms with van der Waals surface area (Å²) in [7, 11) is 0. The van der Waals surface area contributed by atoms with Gasteiger partial charge in [-0.05, 0) is 152 Å². The third-order valence-electron chi connectivity index (χ3n) is 16.0. The Morgan fingerprint density at radius 3 is 1.34 bits per heavy atom. The largest absolute Gasteiger partial charge is 0.334 e. The lowest BCUT2D eigenvalue weighted by atomic mass is 9.33. The van der Waals surface area contributed by atoms with Crippen LogP contribution in [0.3, 0.4) is 0 Å². The number of rotatable bonds is 3. The Bertz CT molecular complexity index is 2800. The van der Waals surface area contributed by atoms with E-state index < -0.39 is 0 Å². The summed E-state index contributed by atoms with van der Waals surface area (Å²) in [5.74, 6) is 0. The molecule has 1 aliphatic carbocycles. The number of fused-ring (bicyclic) bond motifs is 7. The van der Waals surface area contributed by atoms with Gasteiger partial charge < -0.3 is 14.7 Å². The van der Waals surface area contributed by atoms with Crippen LogP contribution in [-0.2, 0) is 27.1 Å². The molecule has 65 heavy (non-hydrogen) atoms. The van der Waals surface area contributed by atoms with E-state index in [9.17, 15) is 5.26 Å². The second-order valence-corrected chi connectivity index (χ2v) is 24.3. The van der Waals surface area contributed by atoms with Gasteiger partial charge in [-0.1, -0.05) is 145 Å². The maximum absolute atomic E-state index is 10.2. The van der Waals surface area contributed by atoms with Gasteiger partial charge in [-0.3, -0.25) is 0 Å². The molecule has 0 aromatic heterocycles. The summed E-state index contributed by atoms with van der Waals surface area (Å²) in [4.78, 5) is 7.84. The van der Waals surface area contributed by atoms with E-state index in [1.165, 1.54) is 78.3 Å². The molecule has 0 amide bonds. The first-order chi connectivity index (χ1) is 30.4. The van der Waals surface area contributed by atoms with Crippen molar-refractivity contribution in [1.29, 1.82) is 5.26 Å². The summed E-state index contributed by atoms with van der Waals surface area (Å²) < 4.78 is 0. The van der Waals surface area contributed by atoms with Gasteiger partial charge in [0, 0.05) is 50.9 Å². The lowest BCUT2D eigenvalue weighted by Crippen LogP contribution is -2.62. The Kier molecular flexibility index (Phi) is 9.39. The molecule has 6 aromatic rings. The molecule has 4 nitrogen and oxygen atoms in total. The van der Waals surface area contributed by atoms with Crippen LogP contribution in [0.5, 0.6) is 0 Å². The molecule has 0 radical (unpaired) electrons. The number of nitriles is 1. The number of benzene rings is 6. The summed E-state index contributed by atoms with van der Waals surface area (Å²) >= 11 is 0. The second kappa shape index (κ2) is 14.1. The van der Waals surface area contributed by atoms with Crippen molar-refractivity contribution < 1.29 is 0 Å². The van der Waals surface area contributed by atoms with Gasteiger partial charge in [0.2, 0.25) is 0 Å². The van der Waals surface area contributed by atoms with Crippen molar-refractivity contribution in [3.63, 3.8) is 0 Å². The van der Waals surface area contributed by atoms with E-state index in [1.54, 1.807) is 0 Å². The van der Waals surface area contributed by atoms with E-state index >= 15 is 0 Å². The van der Waals surface area contributed by atoms with Crippen LogP contribution < -0.4 is 31.1 Å². The zero-order valence-corrected chi connectivity index (χ0v) is 41.5. The maximum atomic E-state index is 10.2. The number of nitrogens with zero attached hydrogens (tertiary/aromatic N) is 4. The number of hydrogen-bond donors (Lipinski definition) is 0. The topological polar surface area (TPSA) is 33.5 Å². The fourth-order valence-corrected chi connectivity index (χ4v) is 11.9. The molecule has 2 unspecified atom stereocenters.